The molecule has 0 aromatic rings. The maximum atomic E-state index is 5.90. The van der Waals surface area contributed by atoms with Gasteiger partial charge in [-0.25, -0.2) is 0 Å². The highest BCUT2D eigenvalue weighted by Gasteiger charge is 2.28. The van der Waals surface area contributed by atoms with Gasteiger partial charge < -0.3 is 15.2 Å². The van der Waals surface area contributed by atoms with E-state index in [9.17, 15) is 0 Å². The van der Waals surface area contributed by atoms with E-state index in [0.29, 0.717) is 24.5 Å². The van der Waals surface area contributed by atoms with E-state index in [4.69, 9.17) is 15.2 Å². The van der Waals surface area contributed by atoms with Crippen molar-refractivity contribution in [3.63, 3.8) is 0 Å². The lowest BCUT2D eigenvalue weighted by Gasteiger charge is -2.38. The quantitative estimate of drug-likeness (QED) is 0.730. The number of hydrogen-bond acceptors (Lipinski definition) is 4. The summed E-state index contributed by atoms with van der Waals surface area (Å²) in [4.78, 5) is 2.34. The third-order valence-electron chi connectivity index (χ3n) is 3.61. The van der Waals surface area contributed by atoms with Crippen LogP contribution >= 0.6 is 0 Å². The molecule has 4 heteroatoms. The zero-order chi connectivity index (χ0) is 12.0. The summed E-state index contributed by atoms with van der Waals surface area (Å²) in [7, 11) is 3.88. The Morgan fingerprint density at radius 1 is 1.56 bits per heavy atom. The first kappa shape index (κ1) is 13.9. The molecular formula is C12H26N2O2. The Bertz CT molecular complexity index is 184. The molecule has 0 amide bonds. The molecule has 0 aromatic heterocycles. The summed E-state index contributed by atoms with van der Waals surface area (Å²) in [6.07, 6.45) is 2.39. The molecule has 16 heavy (non-hydrogen) atoms. The van der Waals surface area contributed by atoms with Crippen LogP contribution in [0.5, 0.6) is 0 Å². The van der Waals surface area contributed by atoms with Crippen LogP contribution in [-0.4, -0.2) is 57.5 Å². The number of hydrogen-bond donors (Lipinski definition) is 1. The van der Waals surface area contributed by atoms with Gasteiger partial charge in [0.2, 0.25) is 0 Å². The van der Waals surface area contributed by atoms with E-state index >= 15 is 0 Å². The van der Waals surface area contributed by atoms with Crippen LogP contribution in [0, 0.1) is 5.92 Å². The van der Waals surface area contributed by atoms with Gasteiger partial charge in [0.05, 0.1) is 13.2 Å². The second-order valence-electron chi connectivity index (χ2n) is 4.75. The molecule has 0 aromatic carbocycles. The molecule has 3 atom stereocenters. The molecule has 1 fully saturated rings. The third-order valence-corrected chi connectivity index (χ3v) is 3.61. The minimum atomic E-state index is 0.403. The number of nitrogens with zero attached hydrogens (tertiary/aromatic N) is 1. The maximum absolute atomic E-state index is 5.90. The number of likely N-dealkylation sites (N-methyl/N-ethyl adjacent to an activating group) is 1. The van der Waals surface area contributed by atoms with Crippen molar-refractivity contribution in [1.29, 1.82) is 0 Å². The number of rotatable bonds is 6. The first-order valence-electron chi connectivity index (χ1n) is 6.19. The highest BCUT2D eigenvalue weighted by atomic mass is 16.5. The first-order chi connectivity index (χ1) is 7.70. The summed E-state index contributed by atoms with van der Waals surface area (Å²) in [5, 5.41) is 0. The van der Waals surface area contributed by atoms with Crippen LogP contribution in [0.2, 0.25) is 0 Å². The van der Waals surface area contributed by atoms with Crippen LogP contribution in [0.4, 0.5) is 0 Å². The Morgan fingerprint density at radius 3 is 2.81 bits per heavy atom. The summed E-state index contributed by atoms with van der Waals surface area (Å²) in [6.45, 7) is 5.38. The standard InChI is InChI=1S/C12H26N2O2/c1-10(8-15-3)14(2)12(7-13)11-5-4-6-16-9-11/h10-12H,4-9,13H2,1-3H3. The Hall–Kier alpha value is -0.160. The Kier molecular flexibility index (Phi) is 6.28. The summed E-state index contributed by atoms with van der Waals surface area (Å²) < 4.78 is 10.7. The third kappa shape index (κ3) is 3.70. The van der Waals surface area contributed by atoms with Crippen LogP contribution in [0.15, 0.2) is 0 Å². The van der Waals surface area contributed by atoms with Crippen molar-refractivity contribution >= 4 is 0 Å². The van der Waals surface area contributed by atoms with Crippen molar-refractivity contribution in [2.45, 2.75) is 31.8 Å². The van der Waals surface area contributed by atoms with E-state index in [2.05, 4.69) is 18.9 Å². The lowest BCUT2D eigenvalue weighted by atomic mass is 9.92. The molecule has 4 nitrogen and oxygen atoms in total. The van der Waals surface area contributed by atoms with Gasteiger partial charge in [-0.05, 0) is 32.7 Å². The van der Waals surface area contributed by atoms with Gasteiger partial charge in [0.1, 0.15) is 0 Å². The molecule has 0 spiro atoms. The van der Waals surface area contributed by atoms with Gasteiger partial charge in [0, 0.05) is 32.3 Å². The predicted molar refractivity (Wildman–Crippen MR) is 65.5 cm³/mol. The molecule has 0 bridgehead atoms. The minimum absolute atomic E-state index is 0.403. The smallest absolute Gasteiger partial charge is 0.0615 e. The number of methoxy groups -OCH3 is 1. The number of nitrogens with two attached hydrogens (primary N) is 1. The molecule has 1 aliphatic heterocycles. The van der Waals surface area contributed by atoms with E-state index in [1.807, 2.05) is 0 Å². The van der Waals surface area contributed by atoms with E-state index in [1.165, 1.54) is 6.42 Å². The van der Waals surface area contributed by atoms with Crippen molar-refractivity contribution < 1.29 is 9.47 Å². The first-order valence-corrected chi connectivity index (χ1v) is 6.19. The highest BCUT2D eigenvalue weighted by molar-refractivity contribution is 4.82. The van der Waals surface area contributed by atoms with Crippen molar-refractivity contribution in [3.8, 4) is 0 Å². The molecular weight excluding hydrogens is 204 g/mol. The lowest BCUT2D eigenvalue weighted by molar-refractivity contribution is -0.000879. The zero-order valence-corrected chi connectivity index (χ0v) is 10.8. The summed E-state index contributed by atoms with van der Waals surface area (Å²) in [6, 6.07) is 0.811. The van der Waals surface area contributed by atoms with E-state index in [0.717, 1.165) is 26.2 Å². The molecule has 96 valence electrons. The van der Waals surface area contributed by atoms with Gasteiger partial charge in [-0.2, -0.15) is 0 Å². The van der Waals surface area contributed by atoms with Crippen LogP contribution < -0.4 is 5.73 Å². The fraction of sp³-hybridized carbons (Fsp3) is 1.00. The molecule has 1 saturated heterocycles. The molecule has 0 saturated carbocycles. The van der Waals surface area contributed by atoms with E-state index in [-0.39, 0.29) is 0 Å². The Morgan fingerprint density at radius 2 is 2.31 bits per heavy atom. The molecule has 2 N–H and O–H groups in total. The fourth-order valence-electron chi connectivity index (χ4n) is 2.45. The topological polar surface area (TPSA) is 47.7 Å². The lowest BCUT2D eigenvalue weighted by Crippen LogP contribution is -2.50. The van der Waals surface area contributed by atoms with Crippen LogP contribution in [0.1, 0.15) is 19.8 Å². The SMILES string of the molecule is COCC(C)N(C)C(CN)C1CCCOC1. The van der Waals surface area contributed by atoms with Crippen molar-refractivity contribution in [2.75, 3.05) is 40.5 Å². The molecule has 1 rings (SSSR count). The monoisotopic (exact) mass is 230 g/mol. The van der Waals surface area contributed by atoms with Crippen LogP contribution in [-0.2, 0) is 9.47 Å². The maximum Gasteiger partial charge on any atom is 0.0615 e. The van der Waals surface area contributed by atoms with Crippen molar-refractivity contribution in [3.05, 3.63) is 0 Å². The zero-order valence-electron chi connectivity index (χ0n) is 10.8. The molecule has 0 aliphatic carbocycles. The highest BCUT2D eigenvalue weighted by Crippen LogP contribution is 2.21. The predicted octanol–water partition coefficient (Wildman–Crippen LogP) is 0.707. The van der Waals surface area contributed by atoms with E-state index < -0.39 is 0 Å². The summed E-state index contributed by atoms with van der Waals surface area (Å²) in [5.74, 6) is 0.572. The normalized spacial score (nSPS) is 25.7. The second kappa shape index (κ2) is 7.22. The van der Waals surface area contributed by atoms with Crippen LogP contribution in [0.3, 0.4) is 0 Å². The van der Waals surface area contributed by atoms with Gasteiger partial charge in [-0.1, -0.05) is 0 Å². The average molecular weight is 230 g/mol. The molecule has 1 heterocycles. The van der Waals surface area contributed by atoms with Gasteiger partial charge in [-0.15, -0.1) is 0 Å². The van der Waals surface area contributed by atoms with Gasteiger partial charge in [-0.3, -0.25) is 4.90 Å². The molecule has 1 aliphatic rings. The van der Waals surface area contributed by atoms with Gasteiger partial charge >= 0.3 is 0 Å². The number of ether oxygens (including phenoxy) is 2. The van der Waals surface area contributed by atoms with Crippen molar-refractivity contribution in [2.24, 2.45) is 11.7 Å². The minimum Gasteiger partial charge on any atom is -0.383 e. The molecule has 0 radical (unpaired) electrons. The van der Waals surface area contributed by atoms with E-state index in [1.54, 1.807) is 7.11 Å². The summed E-state index contributed by atoms with van der Waals surface area (Å²) in [5.41, 5.74) is 5.90. The average Bonchev–Trinajstić information content (AvgIpc) is 2.31. The van der Waals surface area contributed by atoms with Gasteiger partial charge in [0.15, 0.2) is 0 Å². The van der Waals surface area contributed by atoms with Crippen molar-refractivity contribution in [1.82, 2.24) is 4.90 Å². The Labute approximate surface area is 99.1 Å². The van der Waals surface area contributed by atoms with Crippen LogP contribution in [0.25, 0.3) is 0 Å². The fourth-order valence-corrected chi connectivity index (χ4v) is 2.45. The summed E-state index contributed by atoms with van der Waals surface area (Å²) >= 11 is 0. The molecule has 3 unspecified atom stereocenters. The largest absolute Gasteiger partial charge is 0.383 e. The second-order valence-corrected chi connectivity index (χ2v) is 4.75. The van der Waals surface area contributed by atoms with Gasteiger partial charge in [0.25, 0.3) is 0 Å². The Balaban J connectivity index is 2.50.